The Morgan fingerprint density at radius 3 is 2.52 bits per heavy atom. The molecule has 0 amide bonds. The molecule has 2 aromatic carbocycles. The van der Waals surface area contributed by atoms with Crippen LogP contribution < -0.4 is 10.1 Å². The second-order valence-electron chi connectivity index (χ2n) is 4.49. The Hall–Kier alpha value is -2.60. The van der Waals surface area contributed by atoms with Crippen molar-refractivity contribution in [1.29, 1.82) is 0 Å². The predicted octanol–water partition coefficient (Wildman–Crippen LogP) is 2.60. The van der Waals surface area contributed by atoms with Crippen LogP contribution in [0, 0.1) is 10.1 Å². The largest absolute Gasteiger partial charge is 0.502 e. The summed E-state index contributed by atoms with van der Waals surface area (Å²) in [4.78, 5) is 10.1. The second-order valence-corrected chi connectivity index (χ2v) is 4.49. The molecule has 0 heterocycles. The molecular formula is C15H16N2O4. The number of rotatable bonds is 6. The van der Waals surface area contributed by atoms with Crippen molar-refractivity contribution in [3.05, 3.63) is 63.7 Å². The third kappa shape index (κ3) is 3.70. The van der Waals surface area contributed by atoms with E-state index in [1.807, 2.05) is 24.3 Å². The van der Waals surface area contributed by atoms with Crippen LogP contribution in [-0.2, 0) is 13.1 Å². The normalized spacial score (nSPS) is 10.3. The van der Waals surface area contributed by atoms with Gasteiger partial charge < -0.3 is 15.2 Å². The molecule has 0 fully saturated rings. The molecule has 6 heteroatoms. The molecule has 0 bridgehead atoms. The summed E-state index contributed by atoms with van der Waals surface area (Å²) in [5.74, 6) is 0.500. The highest BCUT2D eigenvalue weighted by Crippen LogP contribution is 2.29. The molecule has 0 saturated heterocycles. The van der Waals surface area contributed by atoms with E-state index >= 15 is 0 Å². The lowest BCUT2D eigenvalue weighted by atomic mass is 10.1. The second kappa shape index (κ2) is 6.71. The summed E-state index contributed by atoms with van der Waals surface area (Å²) in [6.45, 7) is 0.936. The average molecular weight is 288 g/mol. The van der Waals surface area contributed by atoms with Gasteiger partial charge in [0.25, 0.3) is 0 Å². The lowest BCUT2D eigenvalue weighted by Gasteiger charge is -2.08. The van der Waals surface area contributed by atoms with Crippen LogP contribution in [0.3, 0.4) is 0 Å². The van der Waals surface area contributed by atoms with E-state index in [0.29, 0.717) is 18.7 Å². The van der Waals surface area contributed by atoms with E-state index in [1.165, 1.54) is 6.07 Å². The zero-order valence-electron chi connectivity index (χ0n) is 11.6. The van der Waals surface area contributed by atoms with Gasteiger partial charge in [0.15, 0.2) is 5.75 Å². The van der Waals surface area contributed by atoms with Crippen molar-refractivity contribution >= 4 is 5.69 Å². The van der Waals surface area contributed by atoms with Crippen LogP contribution >= 0.6 is 0 Å². The topological polar surface area (TPSA) is 84.6 Å². The SMILES string of the molecule is COc1ccc(CNCc2cccc([N+](=O)[O-])c2O)cc1. The number of phenolic OH excluding ortho intramolecular Hbond substituents is 1. The zero-order valence-corrected chi connectivity index (χ0v) is 11.6. The molecule has 21 heavy (non-hydrogen) atoms. The Morgan fingerprint density at radius 1 is 1.19 bits per heavy atom. The molecule has 0 aromatic heterocycles. The number of nitrogens with one attached hydrogen (secondary N) is 1. The zero-order chi connectivity index (χ0) is 15.2. The molecule has 2 N–H and O–H groups in total. The van der Waals surface area contributed by atoms with Crippen LogP contribution in [0.5, 0.6) is 11.5 Å². The molecule has 0 aliphatic rings. The van der Waals surface area contributed by atoms with E-state index in [0.717, 1.165) is 11.3 Å². The van der Waals surface area contributed by atoms with Gasteiger partial charge in [-0.15, -0.1) is 0 Å². The van der Waals surface area contributed by atoms with Crippen LogP contribution in [0.4, 0.5) is 5.69 Å². The van der Waals surface area contributed by atoms with E-state index in [4.69, 9.17) is 4.74 Å². The van der Waals surface area contributed by atoms with Crippen LogP contribution in [0.15, 0.2) is 42.5 Å². The summed E-state index contributed by atoms with van der Waals surface area (Å²) in [6, 6.07) is 12.1. The third-order valence-corrected chi connectivity index (χ3v) is 3.10. The molecule has 0 aliphatic heterocycles. The number of hydrogen-bond acceptors (Lipinski definition) is 5. The minimum atomic E-state index is -0.595. The average Bonchev–Trinajstić information content (AvgIpc) is 2.49. The first-order valence-corrected chi connectivity index (χ1v) is 6.40. The summed E-state index contributed by atoms with van der Waals surface area (Å²) in [5, 5.41) is 23.7. The predicted molar refractivity (Wildman–Crippen MR) is 78.3 cm³/mol. The monoisotopic (exact) mass is 288 g/mol. The molecule has 0 aliphatic carbocycles. The summed E-state index contributed by atoms with van der Waals surface area (Å²) >= 11 is 0. The van der Waals surface area contributed by atoms with Crippen molar-refractivity contribution in [3.8, 4) is 11.5 Å². The van der Waals surface area contributed by atoms with Crippen molar-refractivity contribution < 1.29 is 14.8 Å². The van der Waals surface area contributed by atoms with E-state index in [-0.39, 0.29) is 11.4 Å². The van der Waals surface area contributed by atoms with Crippen LogP contribution in [-0.4, -0.2) is 17.1 Å². The summed E-state index contributed by atoms with van der Waals surface area (Å²) in [6.07, 6.45) is 0. The third-order valence-electron chi connectivity index (χ3n) is 3.10. The molecule has 2 aromatic rings. The molecule has 6 nitrogen and oxygen atoms in total. The molecule has 2 rings (SSSR count). The molecule has 0 radical (unpaired) electrons. The van der Waals surface area contributed by atoms with Crippen molar-refractivity contribution in [2.24, 2.45) is 0 Å². The maximum atomic E-state index is 10.7. The fourth-order valence-electron chi connectivity index (χ4n) is 1.95. The highest BCUT2D eigenvalue weighted by Gasteiger charge is 2.15. The Labute approximate surface area is 122 Å². The summed E-state index contributed by atoms with van der Waals surface area (Å²) < 4.78 is 5.08. The molecule has 0 atom stereocenters. The number of nitro benzene ring substituents is 1. The number of nitro groups is 1. The van der Waals surface area contributed by atoms with Crippen molar-refractivity contribution in [1.82, 2.24) is 5.32 Å². The molecular weight excluding hydrogens is 272 g/mol. The lowest BCUT2D eigenvalue weighted by molar-refractivity contribution is -0.385. The highest BCUT2D eigenvalue weighted by atomic mass is 16.6. The van der Waals surface area contributed by atoms with Gasteiger partial charge in [0.2, 0.25) is 0 Å². The number of phenols is 1. The number of ether oxygens (including phenoxy) is 1. The van der Waals surface area contributed by atoms with Gasteiger partial charge in [-0.3, -0.25) is 10.1 Å². The number of nitrogens with zero attached hydrogens (tertiary/aromatic N) is 1. The van der Waals surface area contributed by atoms with Crippen LogP contribution in [0.1, 0.15) is 11.1 Å². The van der Waals surface area contributed by atoms with Gasteiger partial charge in [0.05, 0.1) is 12.0 Å². The first-order chi connectivity index (χ1) is 10.1. The molecule has 0 unspecified atom stereocenters. The number of aromatic hydroxyl groups is 1. The van der Waals surface area contributed by atoms with Crippen LogP contribution in [0.2, 0.25) is 0 Å². The van der Waals surface area contributed by atoms with Crippen molar-refractivity contribution in [2.75, 3.05) is 7.11 Å². The first-order valence-electron chi connectivity index (χ1n) is 6.40. The highest BCUT2D eigenvalue weighted by molar-refractivity contribution is 5.50. The number of methoxy groups -OCH3 is 1. The van der Waals surface area contributed by atoms with Crippen LogP contribution in [0.25, 0.3) is 0 Å². The van der Waals surface area contributed by atoms with E-state index < -0.39 is 4.92 Å². The smallest absolute Gasteiger partial charge is 0.311 e. The van der Waals surface area contributed by atoms with Crippen molar-refractivity contribution in [2.45, 2.75) is 13.1 Å². The van der Waals surface area contributed by atoms with E-state index in [1.54, 1.807) is 19.2 Å². The Bertz CT molecular complexity index is 626. The van der Waals surface area contributed by atoms with Gasteiger partial charge in [-0.05, 0) is 17.7 Å². The minimum Gasteiger partial charge on any atom is -0.502 e. The summed E-state index contributed by atoms with van der Waals surface area (Å²) in [7, 11) is 1.61. The van der Waals surface area contributed by atoms with E-state index in [9.17, 15) is 15.2 Å². The summed E-state index contributed by atoms with van der Waals surface area (Å²) in [5.41, 5.74) is 1.28. The molecule has 110 valence electrons. The van der Waals surface area contributed by atoms with Gasteiger partial charge in [0.1, 0.15) is 5.75 Å². The molecule has 0 spiro atoms. The fourth-order valence-corrected chi connectivity index (χ4v) is 1.95. The quantitative estimate of drug-likeness (QED) is 0.630. The standard InChI is InChI=1S/C15H16N2O4/c1-21-13-7-5-11(6-8-13)9-16-10-12-3-2-4-14(15(12)18)17(19)20/h2-8,16,18H,9-10H2,1H3. The van der Waals surface area contributed by atoms with Gasteiger partial charge in [-0.2, -0.15) is 0 Å². The number of benzene rings is 2. The fraction of sp³-hybridized carbons (Fsp3) is 0.200. The maximum Gasteiger partial charge on any atom is 0.311 e. The van der Waals surface area contributed by atoms with E-state index in [2.05, 4.69) is 5.32 Å². The van der Waals surface area contributed by atoms with Gasteiger partial charge in [0, 0.05) is 24.7 Å². The van der Waals surface area contributed by atoms with Gasteiger partial charge >= 0.3 is 5.69 Å². The minimum absolute atomic E-state index is 0.279. The Kier molecular flexibility index (Phi) is 4.73. The Balaban J connectivity index is 1.97. The van der Waals surface area contributed by atoms with Gasteiger partial charge in [-0.1, -0.05) is 24.3 Å². The maximum absolute atomic E-state index is 10.7. The number of para-hydroxylation sites is 1. The number of hydrogen-bond donors (Lipinski definition) is 2. The van der Waals surface area contributed by atoms with Gasteiger partial charge in [-0.25, -0.2) is 0 Å². The lowest BCUT2D eigenvalue weighted by Crippen LogP contribution is -2.13. The first kappa shape index (κ1) is 14.8. The Morgan fingerprint density at radius 2 is 1.90 bits per heavy atom. The van der Waals surface area contributed by atoms with Crippen molar-refractivity contribution in [3.63, 3.8) is 0 Å². The molecule has 0 saturated carbocycles.